The van der Waals surface area contributed by atoms with E-state index in [1.54, 1.807) is 0 Å². The van der Waals surface area contributed by atoms with E-state index in [4.69, 9.17) is 0 Å². The predicted molar refractivity (Wildman–Crippen MR) is 61.0 cm³/mol. The molecule has 74 valence electrons. The average Bonchev–Trinajstić information content (AvgIpc) is 2.10. The van der Waals surface area contributed by atoms with Gasteiger partial charge in [0, 0.05) is 4.83 Å². The van der Waals surface area contributed by atoms with E-state index in [9.17, 15) is 0 Å². The Kier molecular flexibility index (Phi) is 9.95. The van der Waals surface area contributed by atoms with Crippen LogP contribution in [0.4, 0.5) is 0 Å². The van der Waals surface area contributed by atoms with Crippen molar-refractivity contribution in [3.05, 3.63) is 0 Å². The molecule has 0 aromatic carbocycles. The summed E-state index contributed by atoms with van der Waals surface area (Å²) >= 11 is 3.66. The van der Waals surface area contributed by atoms with Gasteiger partial charge in [-0.05, 0) is 12.8 Å². The van der Waals surface area contributed by atoms with Crippen molar-refractivity contribution < 1.29 is 0 Å². The normalized spacial score (nSPS) is 13.2. The van der Waals surface area contributed by atoms with Crippen LogP contribution in [-0.2, 0) is 0 Å². The largest absolute Gasteiger partial charge is 0.0891 e. The molecule has 0 spiro atoms. The standard InChI is InChI=1S/C11H23Br/c1-3-5-6-7-8-9-10-11(12)4-2/h11H,3-10H2,1-2H3. The van der Waals surface area contributed by atoms with Crippen molar-refractivity contribution in [3.63, 3.8) is 0 Å². The zero-order valence-corrected chi connectivity index (χ0v) is 10.2. The van der Waals surface area contributed by atoms with E-state index < -0.39 is 0 Å². The maximum Gasteiger partial charge on any atom is 0.0143 e. The predicted octanol–water partition coefficient (Wildman–Crippen LogP) is 4.91. The molecule has 0 N–H and O–H groups in total. The number of hydrogen-bond donors (Lipinski definition) is 0. The lowest BCUT2D eigenvalue weighted by atomic mass is 10.1. The summed E-state index contributed by atoms with van der Waals surface area (Å²) in [5, 5.41) is 0. The molecule has 0 aliphatic carbocycles. The second-order valence-electron chi connectivity index (χ2n) is 3.56. The molecule has 0 nitrogen and oxygen atoms in total. The van der Waals surface area contributed by atoms with Gasteiger partial charge < -0.3 is 0 Å². The molecule has 12 heavy (non-hydrogen) atoms. The molecule has 0 aromatic heterocycles. The van der Waals surface area contributed by atoms with Gasteiger partial charge in [0.05, 0.1) is 0 Å². The molecular weight excluding hydrogens is 212 g/mol. The molecule has 0 saturated carbocycles. The Labute approximate surface area is 86.3 Å². The lowest BCUT2D eigenvalue weighted by Crippen LogP contribution is -1.94. The summed E-state index contributed by atoms with van der Waals surface area (Å²) < 4.78 is 0. The molecule has 0 rings (SSSR count). The van der Waals surface area contributed by atoms with Gasteiger partial charge in [0.1, 0.15) is 0 Å². The first-order chi connectivity index (χ1) is 5.81. The summed E-state index contributed by atoms with van der Waals surface area (Å²) in [6.07, 6.45) is 11.1. The van der Waals surface area contributed by atoms with Crippen LogP contribution < -0.4 is 0 Å². The topological polar surface area (TPSA) is 0 Å². The quantitative estimate of drug-likeness (QED) is 0.414. The molecule has 0 radical (unpaired) electrons. The van der Waals surface area contributed by atoms with Crippen LogP contribution in [0.2, 0.25) is 0 Å². The zero-order valence-electron chi connectivity index (χ0n) is 8.61. The maximum absolute atomic E-state index is 3.66. The molecule has 1 atom stereocenters. The zero-order chi connectivity index (χ0) is 9.23. The minimum atomic E-state index is 0.767. The van der Waals surface area contributed by atoms with E-state index in [-0.39, 0.29) is 0 Å². The first-order valence-corrected chi connectivity index (χ1v) is 6.36. The number of hydrogen-bond acceptors (Lipinski definition) is 0. The van der Waals surface area contributed by atoms with Crippen molar-refractivity contribution in [1.82, 2.24) is 0 Å². The van der Waals surface area contributed by atoms with Crippen molar-refractivity contribution in [2.24, 2.45) is 0 Å². The van der Waals surface area contributed by atoms with Gasteiger partial charge in [-0.1, -0.05) is 68.3 Å². The second-order valence-corrected chi connectivity index (χ2v) is 4.86. The van der Waals surface area contributed by atoms with Crippen molar-refractivity contribution in [3.8, 4) is 0 Å². The minimum Gasteiger partial charge on any atom is -0.0891 e. The Morgan fingerprint density at radius 2 is 1.50 bits per heavy atom. The summed E-state index contributed by atoms with van der Waals surface area (Å²) in [4.78, 5) is 0.767. The van der Waals surface area contributed by atoms with Crippen LogP contribution in [0.5, 0.6) is 0 Å². The molecule has 0 saturated heterocycles. The van der Waals surface area contributed by atoms with E-state index in [2.05, 4.69) is 29.8 Å². The Morgan fingerprint density at radius 3 is 2.08 bits per heavy atom. The SMILES string of the molecule is CCCCCCCCC(Br)CC. The third-order valence-electron chi connectivity index (χ3n) is 2.31. The average molecular weight is 235 g/mol. The van der Waals surface area contributed by atoms with Crippen LogP contribution in [0.3, 0.4) is 0 Å². The molecule has 1 heteroatoms. The van der Waals surface area contributed by atoms with E-state index >= 15 is 0 Å². The van der Waals surface area contributed by atoms with E-state index in [0.717, 1.165) is 4.83 Å². The summed E-state index contributed by atoms with van der Waals surface area (Å²) in [6, 6.07) is 0. The molecule has 0 aliphatic rings. The summed E-state index contributed by atoms with van der Waals surface area (Å²) in [6.45, 7) is 4.52. The fraction of sp³-hybridized carbons (Fsp3) is 1.00. The van der Waals surface area contributed by atoms with Crippen molar-refractivity contribution in [2.45, 2.75) is 70.0 Å². The highest BCUT2D eigenvalue weighted by atomic mass is 79.9. The molecule has 0 bridgehead atoms. The van der Waals surface area contributed by atoms with Gasteiger partial charge in [-0.3, -0.25) is 0 Å². The molecule has 0 amide bonds. The van der Waals surface area contributed by atoms with Crippen LogP contribution in [0, 0.1) is 0 Å². The van der Waals surface area contributed by atoms with E-state index in [0.29, 0.717) is 0 Å². The van der Waals surface area contributed by atoms with Gasteiger partial charge in [-0.25, -0.2) is 0 Å². The summed E-state index contributed by atoms with van der Waals surface area (Å²) in [5.41, 5.74) is 0. The molecule has 0 heterocycles. The lowest BCUT2D eigenvalue weighted by Gasteiger charge is -2.05. The molecule has 1 unspecified atom stereocenters. The Balaban J connectivity index is 2.90. The Hall–Kier alpha value is 0.480. The monoisotopic (exact) mass is 234 g/mol. The Bertz CT molecular complexity index is 81.1. The van der Waals surface area contributed by atoms with E-state index in [1.165, 1.54) is 51.4 Å². The highest BCUT2D eigenvalue weighted by molar-refractivity contribution is 9.09. The fourth-order valence-corrected chi connectivity index (χ4v) is 1.67. The smallest absolute Gasteiger partial charge is 0.0143 e. The number of halogens is 1. The Morgan fingerprint density at radius 1 is 0.917 bits per heavy atom. The maximum atomic E-state index is 3.66. The van der Waals surface area contributed by atoms with Crippen LogP contribution in [0.1, 0.15) is 65.2 Å². The summed E-state index contributed by atoms with van der Waals surface area (Å²) in [5.74, 6) is 0. The van der Waals surface area contributed by atoms with Crippen LogP contribution in [0.15, 0.2) is 0 Å². The number of rotatable bonds is 8. The van der Waals surface area contributed by atoms with E-state index in [1.807, 2.05) is 0 Å². The molecular formula is C11H23Br. The number of unbranched alkanes of at least 4 members (excludes halogenated alkanes) is 5. The first-order valence-electron chi connectivity index (χ1n) is 5.45. The van der Waals surface area contributed by atoms with Crippen LogP contribution >= 0.6 is 15.9 Å². The highest BCUT2D eigenvalue weighted by Gasteiger charge is 1.99. The third-order valence-corrected chi connectivity index (χ3v) is 3.42. The number of alkyl halides is 1. The van der Waals surface area contributed by atoms with Gasteiger partial charge >= 0.3 is 0 Å². The van der Waals surface area contributed by atoms with Gasteiger partial charge in [0.25, 0.3) is 0 Å². The van der Waals surface area contributed by atoms with Crippen LogP contribution in [0.25, 0.3) is 0 Å². The van der Waals surface area contributed by atoms with Crippen LogP contribution in [-0.4, -0.2) is 4.83 Å². The molecule has 0 aromatic rings. The fourth-order valence-electron chi connectivity index (χ4n) is 1.35. The molecule has 0 fully saturated rings. The molecule has 0 aliphatic heterocycles. The van der Waals surface area contributed by atoms with Gasteiger partial charge in [0.15, 0.2) is 0 Å². The van der Waals surface area contributed by atoms with Gasteiger partial charge in [-0.15, -0.1) is 0 Å². The highest BCUT2D eigenvalue weighted by Crippen LogP contribution is 2.15. The minimum absolute atomic E-state index is 0.767. The van der Waals surface area contributed by atoms with Gasteiger partial charge in [-0.2, -0.15) is 0 Å². The van der Waals surface area contributed by atoms with Gasteiger partial charge in [0.2, 0.25) is 0 Å². The first kappa shape index (κ1) is 12.5. The van der Waals surface area contributed by atoms with Crippen molar-refractivity contribution >= 4 is 15.9 Å². The third kappa shape index (κ3) is 8.58. The van der Waals surface area contributed by atoms with Crippen molar-refractivity contribution in [2.75, 3.05) is 0 Å². The lowest BCUT2D eigenvalue weighted by molar-refractivity contribution is 0.580. The van der Waals surface area contributed by atoms with Crippen molar-refractivity contribution in [1.29, 1.82) is 0 Å². The summed E-state index contributed by atoms with van der Waals surface area (Å²) in [7, 11) is 0. The second kappa shape index (κ2) is 9.57.